The zero-order valence-electron chi connectivity index (χ0n) is 20.4. The van der Waals surface area contributed by atoms with E-state index in [1.165, 1.54) is 18.3 Å². The van der Waals surface area contributed by atoms with Crippen molar-refractivity contribution in [3.8, 4) is 22.4 Å². The Morgan fingerprint density at radius 3 is 1.87 bits per heavy atom. The van der Waals surface area contributed by atoms with Crippen LogP contribution in [-0.4, -0.2) is 16.8 Å². The van der Waals surface area contributed by atoms with Crippen molar-refractivity contribution in [1.29, 1.82) is 0 Å². The Morgan fingerprint density at radius 1 is 0.605 bits per heavy atom. The van der Waals surface area contributed by atoms with E-state index in [0.29, 0.717) is 23.4 Å². The summed E-state index contributed by atoms with van der Waals surface area (Å²) in [5, 5.41) is 1.97. The number of halogens is 8. The first-order valence-electron chi connectivity index (χ1n) is 11.7. The second-order valence-electron chi connectivity index (χ2n) is 10.5. The molecule has 0 amide bonds. The summed E-state index contributed by atoms with van der Waals surface area (Å²) in [6.07, 6.45) is 1.37. The standard InChI is InChI=1S/C29H21F8N/c1-25(2,3)22-14-19(12-18-6-4-5-7-20(18)22)24-15-17(10-11-38-24)16-8-9-21-23(13-16)27(32,33)29(36,37)28(34,35)26(21,30)31/h4-15H,1-3H3. The fourth-order valence-corrected chi connectivity index (χ4v) is 4.84. The van der Waals surface area contributed by atoms with Crippen molar-refractivity contribution in [2.24, 2.45) is 0 Å². The first kappa shape index (κ1) is 26.1. The number of aromatic nitrogens is 1. The van der Waals surface area contributed by atoms with Crippen molar-refractivity contribution < 1.29 is 35.1 Å². The van der Waals surface area contributed by atoms with E-state index in [-0.39, 0.29) is 16.5 Å². The van der Waals surface area contributed by atoms with Crippen LogP contribution in [0.25, 0.3) is 33.2 Å². The molecule has 0 saturated heterocycles. The number of nitrogens with zero attached hydrogens (tertiary/aromatic N) is 1. The molecule has 3 aromatic carbocycles. The molecule has 0 fully saturated rings. The highest BCUT2D eigenvalue weighted by molar-refractivity contribution is 5.91. The summed E-state index contributed by atoms with van der Waals surface area (Å²) in [7, 11) is 0. The molecule has 0 N–H and O–H groups in total. The fourth-order valence-electron chi connectivity index (χ4n) is 4.84. The highest BCUT2D eigenvalue weighted by Crippen LogP contribution is 2.64. The molecule has 1 aliphatic rings. The van der Waals surface area contributed by atoms with Crippen molar-refractivity contribution >= 4 is 10.8 Å². The predicted octanol–water partition coefficient (Wildman–Crippen LogP) is 9.33. The van der Waals surface area contributed by atoms with Gasteiger partial charge in [-0.25, -0.2) is 0 Å². The van der Waals surface area contributed by atoms with E-state index in [0.717, 1.165) is 22.4 Å². The van der Waals surface area contributed by atoms with Gasteiger partial charge in [0.1, 0.15) is 0 Å². The van der Waals surface area contributed by atoms with Crippen molar-refractivity contribution in [2.45, 2.75) is 49.9 Å². The average molecular weight is 535 g/mol. The van der Waals surface area contributed by atoms with Crippen molar-refractivity contribution in [2.75, 3.05) is 0 Å². The zero-order chi connectivity index (χ0) is 27.9. The van der Waals surface area contributed by atoms with Gasteiger partial charge in [-0.05, 0) is 63.2 Å². The van der Waals surface area contributed by atoms with Gasteiger partial charge < -0.3 is 0 Å². The molecular formula is C29H21F8N. The molecule has 5 rings (SSSR count). The third kappa shape index (κ3) is 3.54. The van der Waals surface area contributed by atoms with Gasteiger partial charge in [0.2, 0.25) is 0 Å². The van der Waals surface area contributed by atoms with Crippen LogP contribution in [0, 0.1) is 0 Å². The second-order valence-corrected chi connectivity index (χ2v) is 10.5. The van der Waals surface area contributed by atoms with Gasteiger partial charge in [-0.3, -0.25) is 4.98 Å². The van der Waals surface area contributed by atoms with E-state index >= 15 is 0 Å². The fraction of sp³-hybridized carbons (Fsp3) is 0.276. The minimum absolute atomic E-state index is 0.124. The summed E-state index contributed by atoms with van der Waals surface area (Å²) in [6.45, 7) is 6.14. The molecule has 1 nitrogen and oxygen atoms in total. The molecule has 1 aliphatic carbocycles. The highest BCUT2D eigenvalue weighted by Gasteiger charge is 2.85. The van der Waals surface area contributed by atoms with Crippen molar-refractivity contribution in [3.05, 3.63) is 89.6 Å². The first-order valence-corrected chi connectivity index (χ1v) is 11.7. The SMILES string of the molecule is CC(C)(C)c1cc(-c2cc(-c3ccc4c(c3)C(F)(F)C(F)(F)C(F)(F)C4(F)F)ccn2)cc2ccccc12. The van der Waals surface area contributed by atoms with Crippen LogP contribution in [-0.2, 0) is 17.3 Å². The molecule has 0 atom stereocenters. The summed E-state index contributed by atoms with van der Waals surface area (Å²) >= 11 is 0. The number of benzene rings is 3. The minimum Gasteiger partial charge on any atom is -0.256 e. The molecule has 1 heterocycles. The van der Waals surface area contributed by atoms with Crippen LogP contribution < -0.4 is 0 Å². The van der Waals surface area contributed by atoms with Crippen LogP contribution in [0.15, 0.2) is 72.9 Å². The Kier molecular flexibility index (Phi) is 5.51. The maximum atomic E-state index is 14.6. The highest BCUT2D eigenvalue weighted by atomic mass is 19.4. The number of hydrogen-bond donors (Lipinski definition) is 0. The normalized spacial score (nSPS) is 19.2. The molecule has 1 aromatic heterocycles. The molecule has 4 aromatic rings. The van der Waals surface area contributed by atoms with Gasteiger partial charge in [0.15, 0.2) is 0 Å². The first-order chi connectivity index (χ1) is 17.5. The summed E-state index contributed by atoms with van der Waals surface area (Å²) in [5.41, 5.74) is -1.69. The van der Waals surface area contributed by atoms with Crippen molar-refractivity contribution in [1.82, 2.24) is 4.98 Å². The third-order valence-corrected chi connectivity index (χ3v) is 6.94. The lowest BCUT2D eigenvalue weighted by atomic mass is 9.79. The summed E-state index contributed by atoms with van der Waals surface area (Å²) in [4.78, 5) is 4.36. The van der Waals surface area contributed by atoms with Gasteiger partial charge in [0, 0.05) is 22.9 Å². The van der Waals surface area contributed by atoms with Gasteiger partial charge in [-0.2, -0.15) is 35.1 Å². The molecular weight excluding hydrogens is 514 g/mol. The van der Waals surface area contributed by atoms with E-state index in [4.69, 9.17) is 0 Å². The van der Waals surface area contributed by atoms with E-state index in [9.17, 15) is 35.1 Å². The number of hydrogen-bond acceptors (Lipinski definition) is 1. The maximum Gasteiger partial charge on any atom is 0.382 e. The summed E-state index contributed by atoms with van der Waals surface area (Å²) in [5.74, 6) is -23.6. The Morgan fingerprint density at radius 2 is 1.21 bits per heavy atom. The smallest absolute Gasteiger partial charge is 0.256 e. The van der Waals surface area contributed by atoms with Crippen LogP contribution in [0.2, 0.25) is 0 Å². The largest absolute Gasteiger partial charge is 0.382 e. The average Bonchev–Trinajstić information content (AvgIpc) is 2.86. The molecule has 0 saturated carbocycles. The molecule has 0 bridgehead atoms. The number of fused-ring (bicyclic) bond motifs is 2. The van der Waals surface area contributed by atoms with Gasteiger partial charge in [0.05, 0.1) is 5.69 Å². The van der Waals surface area contributed by atoms with E-state index in [1.807, 2.05) is 57.2 Å². The van der Waals surface area contributed by atoms with Gasteiger partial charge >= 0.3 is 23.7 Å². The molecule has 0 spiro atoms. The van der Waals surface area contributed by atoms with E-state index in [2.05, 4.69) is 4.98 Å². The molecule has 0 aliphatic heterocycles. The van der Waals surface area contributed by atoms with Crippen LogP contribution in [0.5, 0.6) is 0 Å². The molecule has 0 radical (unpaired) electrons. The van der Waals surface area contributed by atoms with Crippen molar-refractivity contribution in [3.63, 3.8) is 0 Å². The third-order valence-electron chi connectivity index (χ3n) is 6.94. The number of alkyl halides is 8. The monoisotopic (exact) mass is 535 g/mol. The lowest BCUT2D eigenvalue weighted by Gasteiger charge is -2.42. The Balaban J connectivity index is 1.66. The van der Waals surface area contributed by atoms with E-state index in [1.54, 1.807) is 0 Å². The predicted molar refractivity (Wildman–Crippen MR) is 129 cm³/mol. The second kappa shape index (κ2) is 8.01. The number of rotatable bonds is 2. The Hall–Kier alpha value is -3.49. The maximum absolute atomic E-state index is 14.6. The van der Waals surface area contributed by atoms with Gasteiger partial charge in [-0.15, -0.1) is 0 Å². The summed E-state index contributed by atoms with van der Waals surface area (Å²) < 4.78 is 114. The van der Waals surface area contributed by atoms with Crippen LogP contribution >= 0.6 is 0 Å². The lowest BCUT2D eigenvalue weighted by Crippen LogP contribution is -2.63. The lowest BCUT2D eigenvalue weighted by molar-refractivity contribution is -0.386. The van der Waals surface area contributed by atoms with Gasteiger partial charge in [0.25, 0.3) is 0 Å². The quantitative estimate of drug-likeness (QED) is 0.233. The van der Waals surface area contributed by atoms with Gasteiger partial charge in [-0.1, -0.05) is 57.2 Å². The minimum atomic E-state index is -6.30. The number of pyridine rings is 1. The molecule has 9 heteroatoms. The Labute approximate surface area is 213 Å². The molecule has 38 heavy (non-hydrogen) atoms. The Bertz CT molecular complexity index is 1570. The zero-order valence-corrected chi connectivity index (χ0v) is 20.4. The summed E-state index contributed by atoms with van der Waals surface area (Å²) in [6, 6.07) is 16.2. The van der Waals surface area contributed by atoms with Crippen LogP contribution in [0.4, 0.5) is 35.1 Å². The van der Waals surface area contributed by atoms with Crippen LogP contribution in [0.1, 0.15) is 37.5 Å². The molecule has 0 unspecified atom stereocenters. The molecule has 198 valence electrons. The topological polar surface area (TPSA) is 12.9 Å². The van der Waals surface area contributed by atoms with E-state index < -0.39 is 34.8 Å². The van der Waals surface area contributed by atoms with Crippen LogP contribution in [0.3, 0.4) is 0 Å².